The van der Waals surface area contributed by atoms with Crippen molar-refractivity contribution in [1.29, 1.82) is 0 Å². The average Bonchev–Trinajstić information content (AvgIpc) is 2.59. The maximum atomic E-state index is 12.3. The summed E-state index contributed by atoms with van der Waals surface area (Å²) in [6.45, 7) is 8.12. The molecule has 0 unspecified atom stereocenters. The first kappa shape index (κ1) is 18.4. The van der Waals surface area contributed by atoms with Gasteiger partial charge in [0.15, 0.2) is 0 Å². The molecule has 1 aliphatic rings. The van der Waals surface area contributed by atoms with Crippen LogP contribution in [0.4, 0.5) is 5.69 Å². The smallest absolute Gasteiger partial charge is 0.269 e. The Morgan fingerprint density at radius 3 is 2.46 bits per heavy atom. The molecule has 1 heterocycles. The largest absolute Gasteiger partial charge is 0.379 e. The SMILES string of the molecule is CC(C)C[C@@H](CNC(=O)c1ccc([N+](=O)[O-])cc1)N1CCOCC1. The van der Waals surface area contributed by atoms with Crippen molar-refractivity contribution in [1.82, 2.24) is 10.2 Å². The zero-order chi connectivity index (χ0) is 17.5. The molecule has 1 aliphatic heterocycles. The molecular weight excluding hydrogens is 310 g/mol. The van der Waals surface area contributed by atoms with Gasteiger partial charge in [-0.1, -0.05) is 13.8 Å². The summed E-state index contributed by atoms with van der Waals surface area (Å²) >= 11 is 0. The zero-order valence-electron chi connectivity index (χ0n) is 14.2. The number of ether oxygens (including phenoxy) is 1. The molecule has 0 saturated carbocycles. The molecule has 1 N–H and O–H groups in total. The number of benzene rings is 1. The molecule has 1 aromatic rings. The van der Waals surface area contributed by atoms with Crippen molar-refractivity contribution in [2.75, 3.05) is 32.8 Å². The van der Waals surface area contributed by atoms with E-state index in [-0.39, 0.29) is 17.6 Å². The lowest BCUT2D eigenvalue weighted by molar-refractivity contribution is -0.384. The first-order valence-corrected chi connectivity index (χ1v) is 8.32. The molecule has 0 aliphatic carbocycles. The Kier molecular flexibility index (Phi) is 6.69. The number of nitro benzene ring substituents is 1. The van der Waals surface area contributed by atoms with E-state index in [0.29, 0.717) is 18.0 Å². The molecular formula is C17H25N3O4. The van der Waals surface area contributed by atoms with Gasteiger partial charge in [0.25, 0.3) is 11.6 Å². The standard InChI is InChI=1S/C17H25N3O4/c1-13(2)11-16(19-7-9-24-10-8-19)12-18-17(21)14-3-5-15(6-4-14)20(22)23/h3-6,13,16H,7-12H2,1-2H3,(H,18,21)/t16-/m0/s1. The molecule has 132 valence electrons. The second-order valence-corrected chi connectivity index (χ2v) is 6.45. The number of non-ortho nitro benzene ring substituents is 1. The number of carbonyl (C=O) groups is 1. The lowest BCUT2D eigenvalue weighted by atomic mass is 10.0. The molecule has 0 bridgehead atoms. The van der Waals surface area contributed by atoms with Crippen LogP contribution in [0.15, 0.2) is 24.3 Å². The summed E-state index contributed by atoms with van der Waals surface area (Å²) in [6.07, 6.45) is 1.00. The predicted octanol–water partition coefficient (Wildman–Crippen LogP) is 2.07. The van der Waals surface area contributed by atoms with Gasteiger partial charge in [0.2, 0.25) is 0 Å². The van der Waals surface area contributed by atoms with E-state index in [2.05, 4.69) is 24.1 Å². The topological polar surface area (TPSA) is 84.7 Å². The van der Waals surface area contributed by atoms with Gasteiger partial charge in [0.1, 0.15) is 0 Å². The lowest BCUT2D eigenvalue weighted by Crippen LogP contribution is -2.49. The first-order chi connectivity index (χ1) is 11.5. The van der Waals surface area contributed by atoms with Gasteiger partial charge in [-0.2, -0.15) is 0 Å². The van der Waals surface area contributed by atoms with Crippen LogP contribution in [0.3, 0.4) is 0 Å². The number of nitrogens with zero attached hydrogens (tertiary/aromatic N) is 2. The van der Waals surface area contributed by atoms with Gasteiger partial charge in [0, 0.05) is 43.4 Å². The fraction of sp³-hybridized carbons (Fsp3) is 0.588. The van der Waals surface area contributed by atoms with Crippen LogP contribution >= 0.6 is 0 Å². The highest BCUT2D eigenvalue weighted by Gasteiger charge is 2.22. The van der Waals surface area contributed by atoms with Crippen LogP contribution in [-0.4, -0.2) is 54.6 Å². The Morgan fingerprint density at radius 2 is 1.92 bits per heavy atom. The number of hydrogen-bond donors (Lipinski definition) is 1. The highest BCUT2D eigenvalue weighted by molar-refractivity contribution is 5.94. The average molecular weight is 335 g/mol. The van der Waals surface area contributed by atoms with Gasteiger partial charge < -0.3 is 10.1 Å². The number of nitrogens with one attached hydrogen (secondary N) is 1. The number of carbonyl (C=O) groups excluding carboxylic acids is 1. The number of nitro groups is 1. The lowest BCUT2D eigenvalue weighted by Gasteiger charge is -2.35. The summed E-state index contributed by atoms with van der Waals surface area (Å²) in [5.41, 5.74) is 0.420. The summed E-state index contributed by atoms with van der Waals surface area (Å²) in [5, 5.41) is 13.6. The maximum absolute atomic E-state index is 12.3. The minimum absolute atomic E-state index is 0.0162. The van der Waals surface area contributed by atoms with Crippen LogP contribution in [0, 0.1) is 16.0 Å². The normalized spacial score (nSPS) is 16.8. The van der Waals surface area contributed by atoms with Crippen LogP contribution in [0.25, 0.3) is 0 Å². The molecule has 1 atom stereocenters. The Morgan fingerprint density at radius 1 is 1.29 bits per heavy atom. The Labute approximate surface area is 142 Å². The predicted molar refractivity (Wildman–Crippen MR) is 91.1 cm³/mol. The maximum Gasteiger partial charge on any atom is 0.269 e. The molecule has 7 nitrogen and oxygen atoms in total. The molecule has 0 spiro atoms. The van der Waals surface area contributed by atoms with Crippen LogP contribution in [0.2, 0.25) is 0 Å². The van der Waals surface area contributed by atoms with Crippen LogP contribution < -0.4 is 5.32 Å². The van der Waals surface area contributed by atoms with Crippen molar-refractivity contribution in [2.24, 2.45) is 5.92 Å². The van der Waals surface area contributed by atoms with Crippen LogP contribution in [0.1, 0.15) is 30.6 Å². The quantitative estimate of drug-likeness (QED) is 0.609. The molecule has 1 amide bonds. The molecule has 24 heavy (non-hydrogen) atoms. The van der Waals surface area contributed by atoms with Gasteiger partial charge in [-0.05, 0) is 24.5 Å². The highest BCUT2D eigenvalue weighted by Crippen LogP contribution is 2.14. The first-order valence-electron chi connectivity index (χ1n) is 8.32. The van der Waals surface area contributed by atoms with E-state index in [0.717, 1.165) is 32.7 Å². The van der Waals surface area contributed by atoms with Gasteiger partial charge >= 0.3 is 0 Å². The molecule has 0 radical (unpaired) electrons. The fourth-order valence-electron chi connectivity index (χ4n) is 2.90. The zero-order valence-corrected chi connectivity index (χ0v) is 14.2. The van der Waals surface area contributed by atoms with Crippen LogP contribution in [-0.2, 0) is 4.74 Å². The van der Waals surface area contributed by atoms with E-state index in [1.165, 1.54) is 24.3 Å². The molecule has 1 fully saturated rings. The van der Waals surface area contributed by atoms with Gasteiger partial charge in [-0.25, -0.2) is 0 Å². The van der Waals surface area contributed by atoms with Crippen molar-refractivity contribution < 1.29 is 14.5 Å². The monoisotopic (exact) mass is 335 g/mol. The molecule has 2 rings (SSSR count). The van der Waals surface area contributed by atoms with E-state index in [1.807, 2.05) is 0 Å². The summed E-state index contributed by atoms with van der Waals surface area (Å²) in [5.74, 6) is 0.334. The van der Waals surface area contributed by atoms with Gasteiger partial charge in [0.05, 0.1) is 18.1 Å². The van der Waals surface area contributed by atoms with E-state index < -0.39 is 4.92 Å². The van der Waals surface area contributed by atoms with Crippen molar-refractivity contribution in [3.63, 3.8) is 0 Å². The van der Waals surface area contributed by atoms with E-state index >= 15 is 0 Å². The van der Waals surface area contributed by atoms with E-state index in [4.69, 9.17) is 4.74 Å². The van der Waals surface area contributed by atoms with E-state index in [9.17, 15) is 14.9 Å². The second kappa shape index (κ2) is 8.75. The van der Waals surface area contributed by atoms with Crippen LogP contribution in [0.5, 0.6) is 0 Å². The van der Waals surface area contributed by atoms with Crippen molar-refractivity contribution >= 4 is 11.6 Å². The number of amides is 1. The highest BCUT2D eigenvalue weighted by atomic mass is 16.6. The third-order valence-corrected chi connectivity index (χ3v) is 4.14. The van der Waals surface area contributed by atoms with E-state index in [1.54, 1.807) is 0 Å². The Hall–Kier alpha value is -1.99. The number of hydrogen-bond acceptors (Lipinski definition) is 5. The Bertz CT molecular complexity index is 553. The Balaban J connectivity index is 1.94. The summed E-state index contributed by atoms with van der Waals surface area (Å²) in [4.78, 5) is 24.8. The molecule has 7 heteroatoms. The third kappa shape index (κ3) is 5.28. The van der Waals surface area contributed by atoms with Gasteiger partial charge in [-0.3, -0.25) is 19.8 Å². The number of morpholine rings is 1. The summed E-state index contributed by atoms with van der Waals surface area (Å²) in [6, 6.07) is 5.94. The second-order valence-electron chi connectivity index (χ2n) is 6.45. The molecule has 1 saturated heterocycles. The number of rotatable bonds is 7. The molecule has 0 aromatic heterocycles. The van der Waals surface area contributed by atoms with Crippen molar-refractivity contribution in [2.45, 2.75) is 26.3 Å². The minimum atomic E-state index is -0.473. The fourth-order valence-corrected chi connectivity index (χ4v) is 2.90. The molecule has 1 aromatic carbocycles. The summed E-state index contributed by atoms with van der Waals surface area (Å²) < 4.78 is 5.40. The minimum Gasteiger partial charge on any atom is -0.379 e. The summed E-state index contributed by atoms with van der Waals surface area (Å²) in [7, 11) is 0. The van der Waals surface area contributed by atoms with Crippen molar-refractivity contribution in [3.8, 4) is 0 Å². The third-order valence-electron chi connectivity index (χ3n) is 4.14. The van der Waals surface area contributed by atoms with Crippen molar-refractivity contribution in [3.05, 3.63) is 39.9 Å². The van der Waals surface area contributed by atoms with Gasteiger partial charge in [-0.15, -0.1) is 0 Å².